The van der Waals surface area contributed by atoms with Gasteiger partial charge in [-0.1, -0.05) is 25.8 Å². The molecule has 1 saturated carbocycles. The third-order valence-electron chi connectivity index (χ3n) is 4.11. The summed E-state index contributed by atoms with van der Waals surface area (Å²) in [4.78, 5) is 4.18. The Labute approximate surface area is 109 Å². The lowest BCUT2D eigenvalue weighted by molar-refractivity contribution is -0.0807. The van der Waals surface area contributed by atoms with Gasteiger partial charge in [0, 0.05) is 19.5 Å². The van der Waals surface area contributed by atoms with Crippen molar-refractivity contribution >= 4 is 0 Å². The van der Waals surface area contributed by atoms with Crippen LogP contribution < -0.4 is 11.3 Å². The summed E-state index contributed by atoms with van der Waals surface area (Å²) in [5.74, 6) is 6.46. The van der Waals surface area contributed by atoms with E-state index in [1.807, 2.05) is 12.3 Å². The van der Waals surface area contributed by atoms with Crippen LogP contribution in [0.4, 0.5) is 0 Å². The van der Waals surface area contributed by atoms with E-state index < -0.39 is 0 Å². The van der Waals surface area contributed by atoms with Crippen molar-refractivity contribution in [1.82, 2.24) is 10.4 Å². The minimum Gasteiger partial charge on any atom is -0.376 e. The van der Waals surface area contributed by atoms with Gasteiger partial charge in [-0.05, 0) is 30.4 Å². The van der Waals surface area contributed by atoms with E-state index in [0.717, 1.165) is 18.4 Å². The highest BCUT2D eigenvalue weighted by Gasteiger charge is 2.42. The number of nitrogens with zero attached hydrogens (tertiary/aromatic N) is 1. The lowest BCUT2D eigenvalue weighted by atomic mass is 9.73. The molecule has 1 aliphatic carbocycles. The maximum Gasteiger partial charge on any atom is 0.0888 e. The maximum atomic E-state index is 5.89. The Balaban J connectivity index is 2.29. The third-order valence-corrected chi connectivity index (χ3v) is 4.11. The molecule has 0 radical (unpaired) electrons. The van der Waals surface area contributed by atoms with Gasteiger partial charge in [-0.2, -0.15) is 0 Å². The molecule has 100 valence electrons. The molecular formula is C14H23N3O. The van der Waals surface area contributed by atoms with E-state index in [-0.39, 0.29) is 11.6 Å². The Morgan fingerprint density at radius 1 is 1.61 bits per heavy atom. The van der Waals surface area contributed by atoms with Gasteiger partial charge in [0.05, 0.1) is 11.6 Å². The molecule has 1 aliphatic rings. The zero-order valence-corrected chi connectivity index (χ0v) is 11.2. The average molecular weight is 249 g/mol. The van der Waals surface area contributed by atoms with Gasteiger partial charge in [-0.25, -0.2) is 0 Å². The van der Waals surface area contributed by atoms with Crippen LogP contribution in [-0.2, 0) is 4.74 Å². The van der Waals surface area contributed by atoms with Crippen molar-refractivity contribution in [3.05, 3.63) is 30.1 Å². The highest BCUT2D eigenvalue weighted by Crippen LogP contribution is 2.42. The standard InChI is InChI=1S/C14H23N3O/c1-11-5-3-7-14(9-11,18-2)13(17-15)12-6-4-8-16-10-12/h4,6,8,10-11,13,17H,3,5,7,9,15H2,1-2H3. The quantitative estimate of drug-likeness (QED) is 0.634. The molecule has 4 nitrogen and oxygen atoms in total. The fourth-order valence-corrected chi connectivity index (χ4v) is 3.21. The molecule has 3 unspecified atom stereocenters. The third kappa shape index (κ3) is 2.55. The summed E-state index contributed by atoms with van der Waals surface area (Å²) < 4.78 is 5.89. The first-order chi connectivity index (χ1) is 8.72. The molecule has 3 atom stereocenters. The second-order valence-electron chi connectivity index (χ2n) is 5.36. The normalized spacial score (nSPS) is 30.1. The fourth-order valence-electron chi connectivity index (χ4n) is 3.21. The summed E-state index contributed by atoms with van der Waals surface area (Å²) in [6.45, 7) is 2.28. The van der Waals surface area contributed by atoms with Gasteiger partial charge in [0.25, 0.3) is 0 Å². The molecule has 0 spiro atoms. The topological polar surface area (TPSA) is 60.2 Å². The number of hydrogen-bond donors (Lipinski definition) is 2. The first kappa shape index (κ1) is 13.5. The molecule has 1 aromatic rings. The van der Waals surface area contributed by atoms with E-state index in [4.69, 9.17) is 10.6 Å². The summed E-state index contributed by atoms with van der Waals surface area (Å²) in [6.07, 6.45) is 8.18. The van der Waals surface area contributed by atoms with Gasteiger partial charge >= 0.3 is 0 Å². The highest BCUT2D eigenvalue weighted by atomic mass is 16.5. The Kier molecular flexibility index (Phi) is 4.32. The molecule has 0 bridgehead atoms. The lowest BCUT2D eigenvalue weighted by Crippen LogP contribution is -2.50. The largest absolute Gasteiger partial charge is 0.376 e. The Morgan fingerprint density at radius 2 is 2.44 bits per heavy atom. The molecule has 1 fully saturated rings. The molecule has 0 saturated heterocycles. The van der Waals surface area contributed by atoms with E-state index in [9.17, 15) is 0 Å². The Morgan fingerprint density at radius 3 is 3.00 bits per heavy atom. The highest BCUT2D eigenvalue weighted by molar-refractivity contribution is 5.19. The molecule has 1 heterocycles. The number of methoxy groups -OCH3 is 1. The van der Waals surface area contributed by atoms with Crippen LogP contribution in [0.5, 0.6) is 0 Å². The van der Waals surface area contributed by atoms with Crippen LogP contribution in [0.1, 0.15) is 44.2 Å². The first-order valence-electron chi connectivity index (χ1n) is 6.63. The number of hydrogen-bond acceptors (Lipinski definition) is 4. The van der Waals surface area contributed by atoms with Crippen molar-refractivity contribution < 1.29 is 4.74 Å². The summed E-state index contributed by atoms with van der Waals surface area (Å²) in [7, 11) is 1.79. The van der Waals surface area contributed by atoms with Crippen LogP contribution in [-0.4, -0.2) is 17.7 Å². The van der Waals surface area contributed by atoms with Crippen LogP contribution in [0.15, 0.2) is 24.5 Å². The SMILES string of the molecule is COC1(C(NN)c2cccnc2)CCCC(C)C1. The monoisotopic (exact) mass is 249 g/mol. The van der Waals surface area contributed by atoms with Crippen molar-refractivity contribution in [2.45, 2.75) is 44.2 Å². The Hall–Kier alpha value is -0.970. The number of rotatable bonds is 4. The molecule has 2 rings (SSSR count). The molecule has 1 aromatic heterocycles. The van der Waals surface area contributed by atoms with Crippen LogP contribution >= 0.6 is 0 Å². The number of hydrazine groups is 1. The zero-order chi connectivity index (χ0) is 13.0. The number of ether oxygens (including phenoxy) is 1. The molecular weight excluding hydrogens is 226 g/mol. The van der Waals surface area contributed by atoms with E-state index in [1.165, 1.54) is 12.8 Å². The predicted octanol–water partition coefficient (Wildman–Crippen LogP) is 2.18. The minimum absolute atomic E-state index is 0.000972. The molecule has 0 aliphatic heterocycles. The lowest BCUT2D eigenvalue weighted by Gasteiger charge is -2.44. The average Bonchev–Trinajstić information content (AvgIpc) is 2.41. The summed E-state index contributed by atoms with van der Waals surface area (Å²) in [6, 6.07) is 3.99. The van der Waals surface area contributed by atoms with E-state index in [0.29, 0.717) is 5.92 Å². The molecule has 18 heavy (non-hydrogen) atoms. The first-order valence-corrected chi connectivity index (χ1v) is 6.63. The van der Waals surface area contributed by atoms with Gasteiger partial charge in [-0.3, -0.25) is 16.3 Å². The second-order valence-corrected chi connectivity index (χ2v) is 5.36. The van der Waals surface area contributed by atoms with Crippen molar-refractivity contribution in [1.29, 1.82) is 0 Å². The zero-order valence-electron chi connectivity index (χ0n) is 11.2. The molecule has 3 N–H and O–H groups in total. The van der Waals surface area contributed by atoms with Crippen LogP contribution in [0.25, 0.3) is 0 Å². The fraction of sp³-hybridized carbons (Fsp3) is 0.643. The molecule has 0 amide bonds. The van der Waals surface area contributed by atoms with Crippen molar-refractivity contribution in [3.8, 4) is 0 Å². The number of nitrogens with one attached hydrogen (secondary N) is 1. The van der Waals surface area contributed by atoms with Gasteiger partial charge in [0.1, 0.15) is 0 Å². The van der Waals surface area contributed by atoms with E-state index in [1.54, 1.807) is 13.3 Å². The van der Waals surface area contributed by atoms with Gasteiger partial charge in [-0.15, -0.1) is 0 Å². The van der Waals surface area contributed by atoms with Crippen molar-refractivity contribution in [2.75, 3.05) is 7.11 Å². The van der Waals surface area contributed by atoms with Crippen molar-refractivity contribution in [3.63, 3.8) is 0 Å². The maximum absolute atomic E-state index is 5.89. The van der Waals surface area contributed by atoms with Gasteiger partial charge < -0.3 is 4.74 Å². The minimum atomic E-state index is -0.213. The van der Waals surface area contributed by atoms with Crippen LogP contribution in [0, 0.1) is 5.92 Å². The van der Waals surface area contributed by atoms with E-state index in [2.05, 4.69) is 23.4 Å². The smallest absolute Gasteiger partial charge is 0.0888 e. The Bertz CT molecular complexity index is 371. The summed E-state index contributed by atoms with van der Waals surface area (Å²) in [5.41, 5.74) is 3.82. The summed E-state index contributed by atoms with van der Waals surface area (Å²) in [5, 5.41) is 0. The van der Waals surface area contributed by atoms with E-state index >= 15 is 0 Å². The van der Waals surface area contributed by atoms with Crippen molar-refractivity contribution in [2.24, 2.45) is 11.8 Å². The van der Waals surface area contributed by atoms with Crippen LogP contribution in [0.3, 0.4) is 0 Å². The molecule has 0 aromatic carbocycles. The van der Waals surface area contributed by atoms with Gasteiger partial charge in [0.15, 0.2) is 0 Å². The van der Waals surface area contributed by atoms with Crippen LogP contribution in [0.2, 0.25) is 0 Å². The molecule has 4 heteroatoms. The number of aromatic nitrogens is 1. The number of pyridine rings is 1. The summed E-state index contributed by atoms with van der Waals surface area (Å²) >= 11 is 0. The second kappa shape index (κ2) is 5.78. The number of nitrogens with two attached hydrogens (primary N) is 1. The van der Waals surface area contributed by atoms with Gasteiger partial charge in [0.2, 0.25) is 0 Å². The predicted molar refractivity (Wildman–Crippen MR) is 71.7 cm³/mol.